The van der Waals surface area contributed by atoms with Crippen LogP contribution in [-0.2, 0) is 0 Å². The van der Waals surface area contributed by atoms with Gasteiger partial charge >= 0.3 is 0 Å². The highest BCUT2D eigenvalue weighted by Crippen LogP contribution is 2.37. The quantitative estimate of drug-likeness (QED) is 0.781. The molecule has 0 bridgehead atoms. The van der Waals surface area contributed by atoms with Gasteiger partial charge in [0, 0.05) is 12.5 Å². The van der Waals surface area contributed by atoms with E-state index in [0.29, 0.717) is 28.0 Å². The summed E-state index contributed by atoms with van der Waals surface area (Å²) in [5, 5.41) is 3.22. The molecule has 0 spiro atoms. The van der Waals surface area contributed by atoms with Crippen LogP contribution in [-0.4, -0.2) is 32.6 Å². The molecule has 19 heavy (non-hydrogen) atoms. The first kappa shape index (κ1) is 16.0. The van der Waals surface area contributed by atoms with Gasteiger partial charge in [0.15, 0.2) is 5.78 Å². The third kappa shape index (κ3) is 3.94. The van der Waals surface area contributed by atoms with E-state index in [4.69, 9.17) is 9.47 Å². The number of benzene rings is 1. The number of nitrogens with one attached hydrogen (secondary N) is 1. The fourth-order valence-corrected chi connectivity index (χ4v) is 2.59. The van der Waals surface area contributed by atoms with Crippen molar-refractivity contribution in [3.05, 3.63) is 22.2 Å². The summed E-state index contributed by atoms with van der Waals surface area (Å²) in [4.78, 5) is 12.3. The van der Waals surface area contributed by atoms with E-state index < -0.39 is 0 Å². The summed E-state index contributed by atoms with van der Waals surface area (Å²) in [5.41, 5.74) is 0.569. The minimum atomic E-state index is 0.0497. The summed E-state index contributed by atoms with van der Waals surface area (Å²) in [6.45, 7) is 4.86. The number of carbonyl (C=O) groups excluding carboxylic acids is 1. The van der Waals surface area contributed by atoms with E-state index >= 15 is 0 Å². The molecule has 1 aromatic carbocycles. The molecule has 4 nitrogen and oxygen atoms in total. The van der Waals surface area contributed by atoms with Gasteiger partial charge in [-0.2, -0.15) is 0 Å². The van der Waals surface area contributed by atoms with E-state index in [0.717, 1.165) is 6.54 Å². The van der Waals surface area contributed by atoms with Crippen LogP contribution in [0, 0.1) is 0 Å². The van der Waals surface area contributed by atoms with Crippen molar-refractivity contribution in [2.75, 3.05) is 20.8 Å². The monoisotopic (exact) mass is 329 g/mol. The predicted octanol–water partition coefficient (Wildman–Crippen LogP) is 3.04. The molecular weight excluding hydrogens is 310 g/mol. The highest BCUT2D eigenvalue weighted by Gasteiger charge is 2.19. The zero-order valence-corrected chi connectivity index (χ0v) is 13.3. The fourth-order valence-electron chi connectivity index (χ4n) is 1.92. The SMILES string of the molecule is CCNC(C)CC(=O)c1ccc(OC)c(Br)c1OC. The Morgan fingerprint density at radius 1 is 1.37 bits per heavy atom. The Labute approximate surface area is 122 Å². The van der Waals surface area contributed by atoms with Crippen molar-refractivity contribution < 1.29 is 14.3 Å². The first-order valence-electron chi connectivity index (χ1n) is 6.22. The van der Waals surface area contributed by atoms with Gasteiger partial charge in [-0.3, -0.25) is 4.79 Å². The summed E-state index contributed by atoms with van der Waals surface area (Å²) in [6, 6.07) is 3.64. The van der Waals surface area contributed by atoms with Gasteiger partial charge < -0.3 is 14.8 Å². The minimum Gasteiger partial charge on any atom is -0.495 e. The summed E-state index contributed by atoms with van der Waals surface area (Å²) < 4.78 is 11.2. The third-order valence-corrected chi connectivity index (χ3v) is 3.58. The van der Waals surface area contributed by atoms with Gasteiger partial charge in [-0.25, -0.2) is 0 Å². The Morgan fingerprint density at radius 2 is 2.05 bits per heavy atom. The molecule has 1 unspecified atom stereocenters. The zero-order chi connectivity index (χ0) is 14.4. The first-order chi connectivity index (χ1) is 9.04. The van der Waals surface area contributed by atoms with Gasteiger partial charge in [-0.15, -0.1) is 0 Å². The molecule has 0 fully saturated rings. The molecule has 0 saturated heterocycles. The number of hydrogen-bond donors (Lipinski definition) is 1. The molecular formula is C14H20BrNO3. The van der Waals surface area contributed by atoms with Crippen molar-refractivity contribution in [1.82, 2.24) is 5.32 Å². The van der Waals surface area contributed by atoms with Gasteiger partial charge in [0.2, 0.25) is 0 Å². The van der Waals surface area contributed by atoms with Gasteiger partial charge in [0.25, 0.3) is 0 Å². The zero-order valence-electron chi connectivity index (χ0n) is 11.7. The number of carbonyl (C=O) groups is 1. The number of methoxy groups -OCH3 is 2. The van der Waals surface area contributed by atoms with Crippen molar-refractivity contribution in [1.29, 1.82) is 0 Å². The van der Waals surface area contributed by atoms with Gasteiger partial charge in [0.05, 0.1) is 19.8 Å². The maximum absolute atomic E-state index is 12.3. The standard InChI is InChI=1S/C14H20BrNO3/c1-5-16-9(2)8-11(17)10-6-7-12(18-3)13(15)14(10)19-4/h6-7,9,16H,5,8H2,1-4H3. The van der Waals surface area contributed by atoms with Crippen LogP contribution < -0.4 is 14.8 Å². The van der Waals surface area contributed by atoms with Crippen LogP contribution in [0.4, 0.5) is 0 Å². The molecule has 1 atom stereocenters. The maximum Gasteiger partial charge on any atom is 0.168 e. The number of Topliss-reactive ketones (excluding diaryl/α,β-unsaturated/α-hetero) is 1. The summed E-state index contributed by atoms with van der Waals surface area (Å²) >= 11 is 3.40. The lowest BCUT2D eigenvalue weighted by atomic mass is 10.0. The molecule has 0 saturated carbocycles. The van der Waals surface area contributed by atoms with Gasteiger partial charge in [-0.1, -0.05) is 6.92 Å². The second-order valence-electron chi connectivity index (χ2n) is 4.25. The molecule has 0 heterocycles. The predicted molar refractivity (Wildman–Crippen MR) is 79.3 cm³/mol. The summed E-state index contributed by atoms with van der Waals surface area (Å²) in [5.74, 6) is 1.22. The van der Waals surface area contributed by atoms with Crippen molar-refractivity contribution in [3.8, 4) is 11.5 Å². The second kappa shape index (κ2) is 7.50. The van der Waals surface area contributed by atoms with E-state index in [2.05, 4.69) is 21.2 Å². The summed E-state index contributed by atoms with van der Waals surface area (Å²) in [6.07, 6.45) is 0.434. The molecule has 106 valence electrons. The van der Waals surface area contributed by atoms with Crippen molar-refractivity contribution in [2.24, 2.45) is 0 Å². The lowest BCUT2D eigenvalue weighted by molar-refractivity contribution is 0.0968. The molecule has 0 aliphatic carbocycles. The second-order valence-corrected chi connectivity index (χ2v) is 5.04. The molecule has 1 aromatic rings. The van der Waals surface area contributed by atoms with Crippen LogP contribution >= 0.6 is 15.9 Å². The normalized spacial score (nSPS) is 12.1. The Balaban J connectivity index is 3.00. The Morgan fingerprint density at radius 3 is 2.58 bits per heavy atom. The smallest absolute Gasteiger partial charge is 0.168 e. The van der Waals surface area contributed by atoms with Crippen LogP contribution in [0.25, 0.3) is 0 Å². The minimum absolute atomic E-state index is 0.0497. The van der Waals surface area contributed by atoms with Crippen molar-refractivity contribution >= 4 is 21.7 Å². The molecule has 1 rings (SSSR count). The fraction of sp³-hybridized carbons (Fsp3) is 0.500. The number of halogens is 1. The molecule has 0 aromatic heterocycles. The molecule has 0 aliphatic rings. The van der Waals surface area contributed by atoms with E-state index in [1.54, 1.807) is 26.4 Å². The average Bonchev–Trinajstić information content (AvgIpc) is 2.38. The third-order valence-electron chi connectivity index (χ3n) is 2.83. The first-order valence-corrected chi connectivity index (χ1v) is 7.01. The number of ketones is 1. The Bertz CT molecular complexity index is 449. The van der Waals surface area contributed by atoms with Crippen molar-refractivity contribution in [2.45, 2.75) is 26.3 Å². The maximum atomic E-state index is 12.3. The molecule has 0 amide bonds. The molecule has 1 N–H and O–H groups in total. The van der Waals surface area contributed by atoms with Crippen LogP contribution in [0.15, 0.2) is 16.6 Å². The Kier molecular flexibility index (Phi) is 6.31. The average molecular weight is 330 g/mol. The van der Waals surface area contributed by atoms with E-state index in [-0.39, 0.29) is 11.8 Å². The molecule has 0 radical (unpaired) electrons. The lowest BCUT2D eigenvalue weighted by Crippen LogP contribution is -2.28. The molecule has 0 aliphatic heterocycles. The summed E-state index contributed by atoms with van der Waals surface area (Å²) in [7, 11) is 3.12. The van der Waals surface area contributed by atoms with E-state index in [1.807, 2.05) is 13.8 Å². The van der Waals surface area contributed by atoms with Crippen LogP contribution in [0.5, 0.6) is 11.5 Å². The van der Waals surface area contributed by atoms with Crippen molar-refractivity contribution in [3.63, 3.8) is 0 Å². The largest absolute Gasteiger partial charge is 0.495 e. The van der Waals surface area contributed by atoms with Gasteiger partial charge in [-0.05, 0) is 41.5 Å². The Hall–Kier alpha value is -1.07. The number of ether oxygens (including phenoxy) is 2. The topological polar surface area (TPSA) is 47.6 Å². The lowest BCUT2D eigenvalue weighted by Gasteiger charge is -2.15. The highest BCUT2D eigenvalue weighted by atomic mass is 79.9. The van der Waals surface area contributed by atoms with E-state index in [1.165, 1.54) is 0 Å². The number of hydrogen-bond acceptors (Lipinski definition) is 4. The van der Waals surface area contributed by atoms with Crippen LogP contribution in [0.3, 0.4) is 0 Å². The van der Waals surface area contributed by atoms with Crippen LogP contribution in [0.1, 0.15) is 30.6 Å². The molecule has 5 heteroatoms. The highest BCUT2D eigenvalue weighted by molar-refractivity contribution is 9.10. The van der Waals surface area contributed by atoms with Gasteiger partial charge in [0.1, 0.15) is 16.0 Å². The van der Waals surface area contributed by atoms with Crippen LogP contribution in [0.2, 0.25) is 0 Å². The number of rotatable bonds is 7. The van der Waals surface area contributed by atoms with E-state index in [9.17, 15) is 4.79 Å².